The van der Waals surface area contributed by atoms with Crippen LogP contribution in [0.4, 0.5) is 0 Å². The van der Waals surface area contributed by atoms with E-state index in [0.717, 1.165) is 5.76 Å². The van der Waals surface area contributed by atoms with Gasteiger partial charge in [0, 0.05) is 6.08 Å². The van der Waals surface area contributed by atoms with E-state index in [1.807, 2.05) is 12.1 Å². The van der Waals surface area contributed by atoms with Crippen LogP contribution in [0.15, 0.2) is 29.1 Å². The first kappa shape index (κ1) is 5.95. The van der Waals surface area contributed by atoms with Crippen LogP contribution in [0.3, 0.4) is 0 Å². The van der Waals surface area contributed by atoms with E-state index in [2.05, 4.69) is 4.74 Å². The molecule has 1 aromatic rings. The Labute approximate surface area is 53.7 Å². The van der Waals surface area contributed by atoms with Crippen molar-refractivity contribution in [3.05, 3.63) is 30.4 Å². The van der Waals surface area contributed by atoms with E-state index in [0.29, 0.717) is 0 Å². The van der Waals surface area contributed by atoms with Crippen LogP contribution in [-0.2, 0) is 4.74 Å². The van der Waals surface area contributed by atoms with Crippen molar-refractivity contribution in [1.29, 1.82) is 0 Å². The Hall–Kier alpha value is -1.18. The molecule has 9 heavy (non-hydrogen) atoms. The van der Waals surface area contributed by atoms with E-state index in [1.165, 1.54) is 0 Å². The highest BCUT2D eigenvalue weighted by Gasteiger charge is 1.83. The summed E-state index contributed by atoms with van der Waals surface area (Å²) >= 11 is 0. The predicted octanol–water partition coefficient (Wildman–Crippen LogP) is 1.90. The molecule has 1 rings (SSSR count). The van der Waals surface area contributed by atoms with Crippen LogP contribution in [0.2, 0.25) is 0 Å². The van der Waals surface area contributed by atoms with Crippen molar-refractivity contribution in [2.24, 2.45) is 0 Å². The first-order valence-electron chi connectivity index (χ1n) is 2.66. The summed E-state index contributed by atoms with van der Waals surface area (Å²) in [5.74, 6) is 0.803. The van der Waals surface area contributed by atoms with Crippen LogP contribution in [0.5, 0.6) is 0 Å². The van der Waals surface area contributed by atoms with Gasteiger partial charge in [-0.15, -0.1) is 0 Å². The molecule has 48 valence electrons. The lowest BCUT2D eigenvalue weighted by Crippen LogP contribution is -1.63. The highest BCUT2D eigenvalue weighted by atomic mass is 16.5. The van der Waals surface area contributed by atoms with Gasteiger partial charge in [0.25, 0.3) is 0 Å². The van der Waals surface area contributed by atoms with Gasteiger partial charge in [-0.2, -0.15) is 0 Å². The molecular formula is C7H8O2. The molecule has 0 unspecified atom stereocenters. The van der Waals surface area contributed by atoms with Crippen molar-refractivity contribution in [1.82, 2.24) is 0 Å². The average molecular weight is 124 g/mol. The van der Waals surface area contributed by atoms with Gasteiger partial charge < -0.3 is 9.15 Å². The normalized spacial score (nSPS) is 10.3. The summed E-state index contributed by atoms with van der Waals surface area (Å²) < 4.78 is 9.64. The highest BCUT2D eigenvalue weighted by Crippen LogP contribution is 2.01. The molecule has 0 radical (unpaired) electrons. The predicted molar refractivity (Wildman–Crippen MR) is 34.8 cm³/mol. The molecule has 0 bridgehead atoms. The van der Waals surface area contributed by atoms with Crippen LogP contribution < -0.4 is 0 Å². The fourth-order valence-electron chi connectivity index (χ4n) is 0.521. The molecule has 0 atom stereocenters. The van der Waals surface area contributed by atoms with Crippen molar-refractivity contribution in [2.45, 2.75) is 0 Å². The molecular weight excluding hydrogens is 116 g/mol. The van der Waals surface area contributed by atoms with Crippen LogP contribution in [0.1, 0.15) is 5.76 Å². The van der Waals surface area contributed by atoms with E-state index in [4.69, 9.17) is 4.42 Å². The highest BCUT2D eigenvalue weighted by molar-refractivity contribution is 5.40. The quantitative estimate of drug-likeness (QED) is 0.562. The molecule has 2 nitrogen and oxygen atoms in total. The van der Waals surface area contributed by atoms with E-state index >= 15 is 0 Å². The van der Waals surface area contributed by atoms with Gasteiger partial charge in [-0.3, -0.25) is 0 Å². The smallest absolute Gasteiger partial charge is 0.129 e. The number of hydrogen-bond donors (Lipinski definition) is 0. The maximum absolute atomic E-state index is 4.97. The van der Waals surface area contributed by atoms with Crippen LogP contribution in [-0.4, -0.2) is 7.11 Å². The fourth-order valence-corrected chi connectivity index (χ4v) is 0.521. The molecule has 1 aromatic heterocycles. The summed E-state index contributed by atoms with van der Waals surface area (Å²) in [4.78, 5) is 0. The van der Waals surface area contributed by atoms with Gasteiger partial charge in [0.2, 0.25) is 0 Å². The Morgan fingerprint density at radius 3 is 3.11 bits per heavy atom. The lowest BCUT2D eigenvalue weighted by atomic mass is 10.4. The Bertz CT molecular complexity index is 175. The lowest BCUT2D eigenvalue weighted by molar-refractivity contribution is 0.340. The SMILES string of the molecule is COC=Cc1ccco1. The largest absolute Gasteiger partial charge is 0.504 e. The second-order valence-electron chi connectivity index (χ2n) is 1.55. The molecule has 0 amide bonds. The molecule has 0 aromatic carbocycles. The molecule has 0 aliphatic carbocycles. The fraction of sp³-hybridized carbons (Fsp3) is 0.143. The zero-order chi connectivity index (χ0) is 6.53. The maximum Gasteiger partial charge on any atom is 0.129 e. The van der Waals surface area contributed by atoms with Gasteiger partial charge in [0.15, 0.2) is 0 Å². The molecule has 2 heteroatoms. The maximum atomic E-state index is 4.97. The van der Waals surface area contributed by atoms with E-state index < -0.39 is 0 Å². The van der Waals surface area contributed by atoms with Crippen molar-refractivity contribution in [2.75, 3.05) is 7.11 Å². The van der Waals surface area contributed by atoms with Crippen molar-refractivity contribution in [3.8, 4) is 0 Å². The summed E-state index contributed by atoms with van der Waals surface area (Å²) in [6.45, 7) is 0. The summed E-state index contributed by atoms with van der Waals surface area (Å²) in [7, 11) is 1.60. The Kier molecular flexibility index (Phi) is 1.96. The van der Waals surface area contributed by atoms with Gasteiger partial charge in [-0.1, -0.05) is 0 Å². The van der Waals surface area contributed by atoms with Crippen LogP contribution >= 0.6 is 0 Å². The molecule has 0 spiro atoms. The molecule has 0 fully saturated rings. The zero-order valence-corrected chi connectivity index (χ0v) is 5.20. The lowest BCUT2D eigenvalue weighted by Gasteiger charge is -1.83. The third kappa shape index (κ3) is 1.64. The summed E-state index contributed by atoms with van der Waals surface area (Å²) in [5.41, 5.74) is 0. The van der Waals surface area contributed by atoms with E-state index in [-0.39, 0.29) is 0 Å². The first-order valence-corrected chi connectivity index (χ1v) is 2.66. The zero-order valence-electron chi connectivity index (χ0n) is 5.20. The van der Waals surface area contributed by atoms with Crippen molar-refractivity contribution >= 4 is 6.08 Å². The Morgan fingerprint density at radius 2 is 2.56 bits per heavy atom. The second-order valence-corrected chi connectivity index (χ2v) is 1.55. The monoisotopic (exact) mass is 124 g/mol. The molecule has 1 heterocycles. The summed E-state index contributed by atoms with van der Waals surface area (Å²) in [5, 5.41) is 0. The van der Waals surface area contributed by atoms with Gasteiger partial charge in [0.05, 0.1) is 19.6 Å². The molecule has 0 aliphatic heterocycles. The van der Waals surface area contributed by atoms with Crippen molar-refractivity contribution in [3.63, 3.8) is 0 Å². The van der Waals surface area contributed by atoms with Gasteiger partial charge >= 0.3 is 0 Å². The topological polar surface area (TPSA) is 22.4 Å². The van der Waals surface area contributed by atoms with Crippen molar-refractivity contribution < 1.29 is 9.15 Å². The minimum absolute atomic E-state index is 0.803. The van der Waals surface area contributed by atoms with Gasteiger partial charge in [-0.25, -0.2) is 0 Å². The molecule has 0 saturated carbocycles. The molecule has 0 aliphatic rings. The number of ether oxygens (including phenoxy) is 1. The molecule has 0 saturated heterocycles. The minimum Gasteiger partial charge on any atom is -0.504 e. The summed E-state index contributed by atoms with van der Waals surface area (Å²) in [6.07, 6.45) is 4.94. The van der Waals surface area contributed by atoms with E-state index in [1.54, 1.807) is 25.7 Å². The minimum atomic E-state index is 0.803. The summed E-state index contributed by atoms with van der Waals surface area (Å²) in [6, 6.07) is 3.69. The third-order valence-corrected chi connectivity index (χ3v) is 0.912. The van der Waals surface area contributed by atoms with Gasteiger partial charge in [0.1, 0.15) is 5.76 Å². The Morgan fingerprint density at radius 1 is 1.67 bits per heavy atom. The second kappa shape index (κ2) is 2.97. The number of furan rings is 1. The number of hydrogen-bond acceptors (Lipinski definition) is 2. The Balaban J connectivity index is 2.57. The first-order chi connectivity index (χ1) is 4.43. The van der Waals surface area contributed by atoms with Crippen LogP contribution in [0, 0.1) is 0 Å². The number of methoxy groups -OCH3 is 1. The van der Waals surface area contributed by atoms with Crippen LogP contribution in [0.25, 0.3) is 6.08 Å². The standard InChI is InChI=1S/C7H8O2/c1-8-6-4-7-3-2-5-9-7/h2-6H,1H3. The van der Waals surface area contributed by atoms with Gasteiger partial charge in [-0.05, 0) is 12.1 Å². The molecule has 0 N–H and O–H groups in total. The average Bonchev–Trinajstić information content (AvgIpc) is 2.34. The van der Waals surface area contributed by atoms with E-state index in [9.17, 15) is 0 Å². The third-order valence-electron chi connectivity index (χ3n) is 0.912. The number of rotatable bonds is 2.